The normalized spacial score (nSPS) is 10.6. The summed E-state index contributed by atoms with van der Waals surface area (Å²) in [5, 5.41) is 7.18. The van der Waals surface area contributed by atoms with Crippen molar-refractivity contribution in [1.29, 1.82) is 0 Å². The summed E-state index contributed by atoms with van der Waals surface area (Å²) in [5.41, 5.74) is 4.53. The van der Waals surface area contributed by atoms with Crippen LogP contribution in [0.5, 0.6) is 11.5 Å². The summed E-state index contributed by atoms with van der Waals surface area (Å²) in [6.45, 7) is 0.334. The maximum Gasteiger partial charge on any atom is 0.249 e. The highest BCUT2D eigenvalue weighted by atomic mass is 79.9. The standard InChI is InChI=1S/C24H21BrClN3O4/c1-32-19-9-7-18(8-10-19)28-23(30)13-24(31)29-27-14-16-6-11-22(20(25)12-16)33-15-17-4-2-3-5-21(17)26/h2-12,14H,13,15H2,1H3,(H,28,30)(H,29,31). The maximum absolute atomic E-state index is 12.0. The molecule has 0 fully saturated rings. The zero-order valence-electron chi connectivity index (χ0n) is 17.7. The van der Waals surface area contributed by atoms with Crippen LogP contribution in [0.15, 0.2) is 76.3 Å². The van der Waals surface area contributed by atoms with Crippen molar-refractivity contribution in [2.75, 3.05) is 12.4 Å². The monoisotopic (exact) mass is 529 g/mol. The molecule has 2 amide bonds. The molecule has 9 heteroatoms. The number of hydrazone groups is 1. The lowest BCUT2D eigenvalue weighted by atomic mass is 10.2. The van der Waals surface area contributed by atoms with Crippen LogP contribution in [0.25, 0.3) is 0 Å². The van der Waals surface area contributed by atoms with Crippen LogP contribution in [-0.2, 0) is 16.2 Å². The number of carbonyl (C=O) groups excluding carboxylic acids is 2. The van der Waals surface area contributed by atoms with E-state index in [1.807, 2.05) is 24.3 Å². The fourth-order valence-corrected chi connectivity index (χ4v) is 3.43. The van der Waals surface area contributed by atoms with Gasteiger partial charge in [0.25, 0.3) is 0 Å². The molecule has 0 aliphatic heterocycles. The Morgan fingerprint density at radius 1 is 1.06 bits per heavy atom. The summed E-state index contributed by atoms with van der Waals surface area (Å²) in [6.07, 6.45) is 1.11. The van der Waals surface area contributed by atoms with Gasteiger partial charge in [-0.2, -0.15) is 5.10 Å². The maximum atomic E-state index is 12.0. The van der Waals surface area contributed by atoms with Crippen molar-refractivity contribution in [1.82, 2.24) is 5.43 Å². The number of benzene rings is 3. The first-order valence-corrected chi connectivity index (χ1v) is 11.0. The van der Waals surface area contributed by atoms with Crippen molar-refractivity contribution in [2.24, 2.45) is 5.10 Å². The number of nitrogens with one attached hydrogen (secondary N) is 2. The molecular formula is C24H21BrClN3O4. The molecule has 3 aromatic carbocycles. The molecule has 0 aliphatic carbocycles. The fraction of sp³-hybridized carbons (Fsp3) is 0.125. The molecule has 3 aromatic rings. The van der Waals surface area contributed by atoms with Gasteiger partial charge in [-0.05, 0) is 70.0 Å². The smallest absolute Gasteiger partial charge is 0.249 e. The van der Waals surface area contributed by atoms with Crippen LogP contribution in [-0.4, -0.2) is 25.1 Å². The molecule has 0 radical (unpaired) electrons. The third kappa shape index (κ3) is 7.62. The van der Waals surface area contributed by atoms with E-state index in [0.29, 0.717) is 28.8 Å². The van der Waals surface area contributed by atoms with Crippen molar-refractivity contribution < 1.29 is 19.1 Å². The van der Waals surface area contributed by atoms with Gasteiger partial charge in [-0.15, -0.1) is 0 Å². The average Bonchev–Trinajstić information content (AvgIpc) is 2.80. The van der Waals surface area contributed by atoms with Gasteiger partial charge < -0.3 is 14.8 Å². The van der Waals surface area contributed by atoms with Crippen LogP contribution in [0, 0.1) is 0 Å². The van der Waals surface area contributed by atoms with Gasteiger partial charge in [0.15, 0.2) is 0 Å². The number of ether oxygens (including phenoxy) is 2. The Kier molecular flexibility index (Phi) is 8.86. The quantitative estimate of drug-likeness (QED) is 0.227. The predicted molar refractivity (Wildman–Crippen MR) is 132 cm³/mol. The van der Waals surface area contributed by atoms with E-state index in [9.17, 15) is 9.59 Å². The Hall–Kier alpha value is -3.36. The van der Waals surface area contributed by atoms with E-state index < -0.39 is 11.8 Å². The summed E-state index contributed by atoms with van der Waals surface area (Å²) in [7, 11) is 1.56. The second-order valence-corrected chi connectivity index (χ2v) is 8.08. The fourth-order valence-electron chi connectivity index (χ4n) is 2.73. The lowest BCUT2D eigenvalue weighted by Crippen LogP contribution is -2.24. The number of hydrogen-bond donors (Lipinski definition) is 2. The minimum absolute atomic E-state index is 0.334. The zero-order valence-corrected chi connectivity index (χ0v) is 20.0. The molecule has 170 valence electrons. The molecule has 2 N–H and O–H groups in total. The molecule has 0 saturated heterocycles. The molecule has 33 heavy (non-hydrogen) atoms. The molecule has 0 spiro atoms. The summed E-state index contributed by atoms with van der Waals surface area (Å²) in [6, 6.07) is 19.6. The van der Waals surface area contributed by atoms with Crippen LogP contribution in [0.1, 0.15) is 17.5 Å². The summed E-state index contributed by atoms with van der Waals surface area (Å²) in [4.78, 5) is 24.0. The van der Waals surface area contributed by atoms with Gasteiger partial charge in [0.1, 0.15) is 24.5 Å². The van der Waals surface area contributed by atoms with Gasteiger partial charge >= 0.3 is 0 Å². The number of amides is 2. The highest BCUT2D eigenvalue weighted by Crippen LogP contribution is 2.27. The molecule has 3 rings (SSSR count). The highest BCUT2D eigenvalue weighted by molar-refractivity contribution is 9.10. The predicted octanol–water partition coefficient (Wildman–Crippen LogP) is 5.17. The van der Waals surface area contributed by atoms with Crippen molar-refractivity contribution in [2.45, 2.75) is 13.0 Å². The topological polar surface area (TPSA) is 89.0 Å². The van der Waals surface area contributed by atoms with E-state index in [4.69, 9.17) is 21.1 Å². The molecule has 0 aliphatic rings. The Labute approximate surface area is 204 Å². The van der Waals surface area contributed by atoms with Crippen LogP contribution in [0.3, 0.4) is 0 Å². The first kappa shape index (κ1) is 24.3. The zero-order chi connectivity index (χ0) is 23.6. The highest BCUT2D eigenvalue weighted by Gasteiger charge is 2.09. The van der Waals surface area contributed by atoms with Gasteiger partial charge in [0, 0.05) is 16.3 Å². The molecule has 7 nitrogen and oxygen atoms in total. The van der Waals surface area contributed by atoms with E-state index in [1.165, 1.54) is 6.21 Å². The van der Waals surface area contributed by atoms with E-state index >= 15 is 0 Å². The second-order valence-electron chi connectivity index (χ2n) is 6.82. The van der Waals surface area contributed by atoms with Crippen molar-refractivity contribution in [3.05, 3.63) is 87.4 Å². The van der Waals surface area contributed by atoms with Crippen molar-refractivity contribution in [3.8, 4) is 11.5 Å². The third-order valence-corrected chi connectivity index (χ3v) is 5.38. The minimum Gasteiger partial charge on any atom is -0.497 e. The molecule has 0 heterocycles. The second kappa shape index (κ2) is 12.0. The van der Waals surface area contributed by atoms with Crippen LogP contribution in [0.4, 0.5) is 5.69 Å². The molecule has 0 saturated carbocycles. The van der Waals surface area contributed by atoms with Gasteiger partial charge in [0.05, 0.1) is 17.8 Å². The average molecular weight is 531 g/mol. The Morgan fingerprint density at radius 2 is 1.82 bits per heavy atom. The van der Waals surface area contributed by atoms with E-state index in [2.05, 4.69) is 31.8 Å². The lowest BCUT2D eigenvalue weighted by molar-refractivity contribution is -0.126. The van der Waals surface area contributed by atoms with E-state index in [-0.39, 0.29) is 6.42 Å². The van der Waals surface area contributed by atoms with Crippen molar-refractivity contribution >= 4 is 51.2 Å². The number of nitrogens with zero attached hydrogens (tertiary/aromatic N) is 1. The van der Waals surface area contributed by atoms with Gasteiger partial charge in [-0.3, -0.25) is 9.59 Å². The number of halogens is 2. The van der Waals surface area contributed by atoms with Crippen LogP contribution < -0.4 is 20.2 Å². The van der Waals surface area contributed by atoms with E-state index in [0.717, 1.165) is 15.6 Å². The summed E-state index contributed by atoms with van der Waals surface area (Å²) < 4.78 is 11.6. The minimum atomic E-state index is -0.531. The molecule has 0 bridgehead atoms. The summed E-state index contributed by atoms with van der Waals surface area (Å²) >= 11 is 9.61. The Morgan fingerprint density at radius 3 is 2.52 bits per heavy atom. The van der Waals surface area contributed by atoms with Crippen LogP contribution >= 0.6 is 27.5 Å². The number of rotatable bonds is 9. The molecule has 0 unspecified atom stereocenters. The largest absolute Gasteiger partial charge is 0.497 e. The first-order valence-electron chi connectivity index (χ1n) is 9.86. The number of carbonyl (C=O) groups is 2. The molecule has 0 atom stereocenters. The SMILES string of the molecule is COc1ccc(NC(=O)CC(=O)NN=Cc2ccc(OCc3ccccc3Cl)c(Br)c2)cc1. The Bertz CT molecular complexity index is 1150. The number of anilines is 1. The van der Waals surface area contributed by atoms with Gasteiger partial charge in [0.2, 0.25) is 11.8 Å². The number of methoxy groups -OCH3 is 1. The first-order chi connectivity index (χ1) is 15.9. The van der Waals surface area contributed by atoms with Gasteiger partial charge in [-0.25, -0.2) is 5.43 Å². The van der Waals surface area contributed by atoms with E-state index in [1.54, 1.807) is 49.6 Å². The Balaban J connectivity index is 1.46. The summed E-state index contributed by atoms with van der Waals surface area (Å²) in [5.74, 6) is 0.338. The number of hydrogen-bond acceptors (Lipinski definition) is 5. The molecular weight excluding hydrogens is 510 g/mol. The van der Waals surface area contributed by atoms with Crippen LogP contribution in [0.2, 0.25) is 5.02 Å². The molecule has 0 aromatic heterocycles. The van der Waals surface area contributed by atoms with Gasteiger partial charge in [-0.1, -0.05) is 29.8 Å². The third-order valence-electron chi connectivity index (χ3n) is 4.39. The van der Waals surface area contributed by atoms with Crippen molar-refractivity contribution in [3.63, 3.8) is 0 Å². The lowest BCUT2D eigenvalue weighted by Gasteiger charge is -2.10.